The molecule has 0 N–H and O–H groups in total. The summed E-state index contributed by atoms with van der Waals surface area (Å²) in [6, 6.07) is 12.1. The summed E-state index contributed by atoms with van der Waals surface area (Å²) in [4.78, 5) is 4.40. The van der Waals surface area contributed by atoms with E-state index in [2.05, 4.69) is 11.1 Å². The van der Waals surface area contributed by atoms with E-state index in [0.717, 1.165) is 12.0 Å². The van der Waals surface area contributed by atoms with Gasteiger partial charge in [-0.2, -0.15) is 5.26 Å². The summed E-state index contributed by atoms with van der Waals surface area (Å²) in [7, 11) is 1.61. The quantitative estimate of drug-likeness (QED) is 0.541. The minimum absolute atomic E-state index is 0.0823. The minimum Gasteiger partial charge on any atom is -0.481 e. The van der Waals surface area contributed by atoms with E-state index in [1.54, 1.807) is 7.11 Å². The SMILES string of the molecule is COC(=N[C@H]1C[C@H]1C#N)c1ccccc1. The van der Waals surface area contributed by atoms with Gasteiger partial charge in [0.15, 0.2) is 0 Å². The molecular weight excluding hydrogens is 188 g/mol. The Morgan fingerprint density at radius 2 is 2.20 bits per heavy atom. The Hall–Kier alpha value is -1.82. The Morgan fingerprint density at radius 1 is 1.47 bits per heavy atom. The fourth-order valence-corrected chi connectivity index (χ4v) is 1.44. The van der Waals surface area contributed by atoms with Gasteiger partial charge in [-0.3, -0.25) is 0 Å². The fraction of sp³-hybridized carbons (Fsp3) is 0.333. The molecule has 1 aliphatic rings. The van der Waals surface area contributed by atoms with Crippen LogP contribution in [0.1, 0.15) is 12.0 Å². The van der Waals surface area contributed by atoms with Gasteiger partial charge in [-0.25, -0.2) is 4.99 Å². The highest BCUT2D eigenvalue weighted by atomic mass is 16.5. The highest BCUT2D eigenvalue weighted by Crippen LogP contribution is 2.33. The summed E-state index contributed by atoms with van der Waals surface area (Å²) >= 11 is 0. The summed E-state index contributed by atoms with van der Waals surface area (Å²) in [5.74, 6) is 0.706. The molecule has 0 saturated heterocycles. The number of aliphatic imine (C=N–C) groups is 1. The van der Waals surface area contributed by atoms with Crippen LogP contribution in [-0.4, -0.2) is 19.0 Å². The second kappa shape index (κ2) is 4.14. The van der Waals surface area contributed by atoms with Crippen LogP contribution in [0.4, 0.5) is 0 Å². The second-order valence-electron chi connectivity index (χ2n) is 3.54. The van der Waals surface area contributed by atoms with Crippen LogP contribution in [-0.2, 0) is 4.74 Å². The first-order chi connectivity index (χ1) is 7.35. The largest absolute Gasteiger partial charge is 0.481 e. The number of benzene rings is 1. The molecule has 2 atom stereocenters. The molecular formula is C12H12N2O. The summed E-state index contributed by atoms with van der Waals surface area (Å²) in [6.45, 7) is 0. The Kier molecular flexibility index (Phi) is 2.68. The molecule has 15 heavy (non-hydrogen) atoms. The highest BCUT2D eigenvalue weighted by Gasteiger charge is 2.37. The Labute approximate surface area is 89.0 Å². The maximum absolute atomic E-state index is 8.67. The molecule has 0 spiro atoms. The number of ether oxygens (including phenoxy) is 1. The van der Waals surface area contributed by atoms with Crippen molar-refractivity contribution in [2.24, 2.45) is 10.9 Å². The van der Waals surface area contributed by atoms with Gasteiger partial charge in [0.1, 0.15) is 0 Å². The van der Waals surface area contributed by atoms with E-state index in [1.807, 2.05) is 30.3 Å². The summed E-state index contributed by atoms with van der Waals surface area (Å²) in [5.41, 5.74) is 0.962. The number of nitriles is 1. The van der Waals surface area contributed by atoms with Gasteiger partial charge >= 0.3 is 0 Å². The molecule has 0 heterocycles. The Balaban J connectivity index is 2.16. The summed E-state index contributed by atoms with van der Waals surface area (Å²) < 4.78 is 5.22. The highest BCUT2D eigenvalue weighted by molar-refractivity contribution is 5.94. The first-order valence-corrected chi connectivity index (χ1v) is 4.92. The molecule has 2 rings (SSSR count). The van der Waals surface area contributed by atoms with Crippen LogP contribution in [0.3, 0.4) is 0 Å². The Bertz CT molecular complexity index is 405. The fourth-order valence-electron chi connectivity index (χ4n) is 1.44. The molecule has 0 aliphatic heterocycles. The van der Waals surface area contributed by atoms with Gasteiger partial charge in [-0.15, -0.1) is 0 Å². The monoisotopic (exact) mass is 200 g/mol. The molecule has 76 valence electrons. The predicted octanol–water partition coefficient (Wildman–Crippen LogP) is 1.99. The third-order valence-corrected chi connectivity index (χ3v) is 2.42. The van der Waals surface area contributed by atoms with Gasteiger partial charge in [0.25, 0.3) is 0 Å². The van der Waals surface area contributed by atoms with Gasteiger partial charge < -0.3 is 4.74 Å². The molecule has 1 fully saturated rings. The summed E-state index contributed by atoms with van der Waals surface area (Å²) in [5, 5.41) is 8.67. The van der Waals surface area contributed by atoms with Crippen LogP contribution >= 0.6 is 0 Å². The first-order valence-electron chi connectivity index (χ1n) is 4.92. The molecule has 0 unspecified atom stereocenters. The van der Waals surface area contributed by atoms with E-state index in [1.165, 1.54) is 0 Å². The van der Waals surface area contributed by atoms with E-state index in [-0.39, 0.29) is 12.0 Å². The van der Waals surface area contributed by atoms with Crippen LogP contribution in [0.5, 0.6) is 0 Å². The molecule has 1 aliphatic carbocycles. The number of hydrogen-bond donors (Lipinski definition) is 0. The standard InChI is InChI=1S/C12H12N2O/c1-15-12(9-5-3-2-4-6-9)14-11-7-10(11)8-13/h2-6,10-11H,7H2,1H3/t10-,11-/m0/s1. The van der Waals surface area contributed by atoms with Crippen LogP contribution in [0, 0.1) is 17.2 Å². The van der Waals surface area contributed by atoms with E-state index >= 15 is 0 Å². The molecule has 1 aromatic carbocycles. The zero-order valence-corrected chi connectivity index (χ0v) is 8.55. The number of methoxy groups -OCH3 is 1. The van der Waals surface area contributed by atoms with E-state index < -0.39 is 0 Å². The summed E-state index contributed by atoms with van der Waals surface area (Å²) in [6.07, 6.45) is 0.857. The molecule has 1 saturated carbocycles. The molecule has 0 aromatic heterocycles. The van der Waals surface area contributed by atoms with E-state index in [4.69, 9.17) is 10.00 Å². The van der Waals surface area contributed by atoms with Crippen molar-refractivity contribution < 1.29 is 4.74 Å². The third kappa shape index (κ3) is 2.16. The molecule has 3 nitrogen and oxygen atoms in total. The van der Waals surface area contributed by atoms with Crippen molar-refractivity contribution in [3.63, 3.8) is 0 Å². The predicted molar refractivity (Wildman–Crippen MR) is 57.5 cm³/mol. The smallest absolute Gasteiger partial charge is 0.216 e. The van der Waals surface area contributed by atoms with Crippen molar-refractivity contribution in [1.29, 1.82) is 5.26 Å². The average Bonchev–Trinajstić information content (AvgIpc) is 3.05. The van der Waals surface area contributed by atoms with Gasteiger partial charge in [0.2, 0.25) is 5.90 Å². The molecule has 1 aromatic rings. The van der Waals surface area contributed by atoms with Crippen LogP contribution in [0.2, 0.25) is 0 Å². The lowest BCUT2D eigenvalue weighted by Crippen LogP contribution is -2.05. The third-order valence-electron chi connectivity index (χ3n) is 2.42. The molecule has 0 bridgehead atoms. The number of rotatable bonds is 2. The first kappa shape index (κ1) is 9.72. The van der Waals surface area contributed by atoms with Crippen molar-refractivity contribution in [3.8, 4) is 6.07 Å². The normalized spacial score (nSPS) is 24.4. The van der Waals surface area contributed by atoms with Gasteiger partial charge in [0.05, 0.1) is 25.1 Å². The maximum Gasteiger partial charge on any atom is 0.216 e. The van der Waals surface area contributed by atoms with E-state index in [9.17, 15) is 0 Å². The molecule has 3 heteroatoms. The lowest BCUT2D eigenvalue weighted by Gasteiger charge is -2.03. The Morgan fingerprint density at radius 3 is 2.73 bits per heavy atom. The van der Waals surface area contributed by atoms with Crippen molar-refractivity contribution in [1.82, 2.24) is 0 Å². The van der Waals surface area contributed by atoms with Gasteiger partial charge in [-0.1, -0.05) is 18.2 Å². The van der Waals surface area contributed by atoms with Gasteiger partial charge in [-0.05, 0) is 18.6 Å². The molecule has 0 amide bonds. The lowest BCUT2D eigenvalue weighted by atomic mass is 10.2. The zero-order chi connectivity index (χ0) is 10.7. The lowest BCUT2D eigenvalue weighted by molar-refractivity contribution is 0.402. The second-order valence-corrected chi connectivity index (χ2v) is 3.54. The van der Waals surface area contributed by atoms with Crippen LogP contribution < -0.4 is 0 Å². The topological polar surface area (TPSA) is 45.4 Å². The van der Waals surface area contributed by atoms with Crippen molar-refractivity contribution in [2.45, 2.75) is 12.5 Å². The average molecular weight is 200 g/mol. The minimum atomic E-state index is 0.0823. The van der Waals surface area contributed by atoms with Crippen molar-refractivity contribution in [2.75, 3.05) is 7.11 Å². The van der Waals surface area contributed by atoms with Crippen molar-refractivity contribution >= 4 is 5.90 Å². The van der Waals surface area contributed by atoms with Crippen molar-refractivity contribution in [3.05, 3.63) is 35.9 Å². The number of nitrogens with zero attached hydrogens (tertiary/aromatic N) is 2. The maximum atomic E-state index is 8.67. The zero-order valence-electron chi connectivity index (χ0n) is 8.55. The van der Waals surface area contributed by atoms with Gasteiger partial charge in [0, 0.05) is 5.56 Å². The van der Waals surface area contributed by atoms with E-state index in [0.29, 0.717) is 5.90 Å². The van der Waals surface area contributed by atoms with Crippen LogP contribution in [0.15, 0.2) is 35.3 Å². The number of hydrogen-bond acceptors (Lipinski definition) is 3. The molecule has 0 radical (unpaired) electrons. The van der Waals surface area contributed by atoms with Crippen LogP contribution in [0.25, 0.3) is 0 Å².